The van der Waals surface area contributed by atoms with E-state index in [0.717, 1.165) is 71.4 Å². The first-order valence-electron chi connectivity index (χ1n) is 16.8. The highest BCUT2D eigenvalue weighted by Gasteiger charge is 2.32. The Balaban J connectivity index is 1.07. The van der Waals surface area contributed by atoms with Gasteiger partial charge in [-0.05, 0) is 54.5 Å². The van der Waals surface area contributed by atoms with Crippen LogP contribution in [0.2, 0.25) is 10.0 Å². The summed E-state index contributed by atoms with van der Waals surface area (Å²) < 4.78 is 26.8. The molecule has 2 heterocycles. The molecule has 1 saturated carbocycles. The van der Waals surface area contributed by atoms with Crippen LogP contribution in [0.3, 0.4) is 0 Å². The van der Waals surface area contributed by atoms with Crippen LogP contribution in [-0.2, 0) is 42.6 Å². The number of anilines is 1. The maximum atomic E-state index is 13.5. The molecule has 1 aliphatic heterocycles. The van der Waals surface area contributed by atoms with Crippen molar-refractivity contribution in [3.63, 3.8) is 0 Å². The van der Waals surface area contributed by atoms with Gasteiger partial charge in [0.25, 0.3) is 5.91 Å². The van der Waals surface area contributed by atoms with Crippen molar-refractivity contribution in [2.75, 3.05) is 32.2 Å². The number of hydrogen-bond donors (Lipinski definition) is 2. The van der Waals surface area contributed by atoms with Crippen molar-refractivity contribution in [1.82, 2.24) is 19.9 Å². The van der Waals surface area contributed by atoms with Crippen LogP contribution in [0.1, 0.15) is 64.1 Å². The van der Waals surface area contributed by atoms with Gasteiger partial charge in [-0.1, -0.05) is 53.5 Å². The number of rotatable bonds is 12. The van der Waals surface area contributed by atoms with Crippen molar-refractivity contribution in [1.29, 1.82) is 0 Å². The van der Waals surface area contributed by atoms with E-state index in [2.05, 4.69) is 15.8 Å². The lowest BCUT2D eigenvalue weighted by atomic mass is 9.96. The first-order chi connectivity index (χ1) is 24.2. The molecule has 1 unspecified atom stereocenters. The number of carbonyl (C=O) groups excluding carboxylic acids is 2. The van der Waals surface area contributed by atoms with Crippen LogP contribution in [0.15, 0.2) is 48.5 Å². The molecule has 10 nitrogen and oxygen atoms in total. The molecule has 7 rings (SSSR count). The number of carbonyl (C=O) groups is 2. The number of alkyl halides is 1. The van der Waals surface area contributed by atoms with Crippen molar-refractivity contribution < 1.29 is 28.3 Å². The number of fused-ring (bicyclic) bond motifs is 2. The molecule has 2 N–H and O–H groups in total. The Morgan fingerprint density at radius 1 is 1.04 bits per heavy atom. The summed E-state index contributed by atoms with van der Waals surface area (Å²) in [6, 6.07) is 15.1. The lowest BCUT2D eigenvalue weighted by molar-refractivity contribution is -0.153. The van der Waals surface area contributed by atoms with E-state index in [9.17, 15) is 14.0 Å². The third-order valence-corrected chi connectivity index (χ3v) is 10.3. The van der Waals surface area contributed by atoms with Crippen LogP contribution in [0.5, 0.6) is 11.5 Å². The molecule has 1 aromatic heterocycles. The Morgan fingerprint density at radius 2 is 1.84 bits per heavy atom. The van der Waals surface area contributed by atoms with Gasteiger partial charge in [-0.15, -0.1) is 5.48 Å². The van der Waals surface area contributed by atoms with Crippen LogP contribution >= 0.6 is 23.2 Å². The second-order valence-corrected chi connectivity index (χ2v) is 13.6. The van der Waals surface area contributed by atoms with E-state index < -0.39 is 6.67 Å². The molecule has 0 spiro atoms. The number of hydrogen-bond acceptors (Lipinski definition) is 8. The van der Waals surface area contributed by atoms with Crippen LogP contribution in [-0.4, -0.2) is 53.2 Å². The SMILES string of the molecule is COc1cc(OC2CCc3c(-c4cccc(NC(=O)c5nc6c(n5C)CCN(CCF)C6)c4Cl)cccc32)c(Cl)cc1CNOC(=O)C1CC1. The quantitative estimate of drug-likeness (QED) is 0.151. The summed E-state index contributed by atoms with van der Waals surface area (Å²) >= 11 is 13.7. The molecule has 0 saturated heterocycles. The number of methoxy groups -OCH3 is 1. The number of amides is 1. The van der Waals surface area contributed by atoms with Crippen LogP contribution in [0.4, 0.5) is 10.1 Å². The molecule has 0 radical (unpaired) electrons. The highest BCUT2D eigenvalue weighted by Crippen LogP contribution is 2.45. The largest absolute Gasteiger partial charge is 0.496 e. The van der Waals surface area contributed by atoms with E-state index in [1.807, 2.05) is 46.8 Å². The maximum absolute atomic E-state index is 13.5. The molecule has 3 aliphatic rings. The van der Waals surface area contributed by atoms with Crippen molar-refractivity contribution in [3.05, 3.63) is 92.5 Å². The number of hydroxylamine groups is 1. The number of ether oxygens (including phenoxy) is 2. The van der Waals surface area contributed by atoms with Crippen LogP contribution < -0.4 is 20.3 Å². The van der Waals surface area contributed by atoms with Gasteiger partial charge >= 0.3 is 5.97 Å². The summed E-state index contributed by atoms with van der Waals surface area (Å²) in [5, 5.41) is 3.81. The number of imidazole rings is 1. The van der Waals surface area contributed by atoms with Crippen molar-refractivity contribution in [3.8, 4) is 22.6 Å². The molecule has 1 atom stereocenters. The summed E-state index contributed by atoms with van der Waals surface area (Å²) in [4.78, 5) is 37.1. The number of nitrogens with zero attached hydrogens (tertiary/aromatic N) is 3. The monoisotopic (exact) mass is 721 g/mol. The Kier molecular flexibility index (Phi) is 10.0. The Bertz CT molecular complexity index is 1950. The number of halogens is 3. The smallest absolute Gasteiger partial charge is 0.327 e. The number of aromatic nitrogens is 2. The van der Waals surface area contributed by atoms with E-state index in [4.69, 9.17) is 37.5 Å². The van der Waals surface area contributed by atoms with Gasteiger partial charge < -0.3 is 24.2 Å². The summed E-state index contributed by atoms with van der Waals surface area (Å²) in [5.41, 5.74) is 9.60. The van der Waals surface area contributed by atoms with Gasteiger partial charge in [-0.2, -0.15) is 0 Å². The molecule has 50 heavy (non-hydrogen) atoms. The van der Waals surface area contributed by atoms with Crippen molar-refractivity contribution in [2.45, 2.75) is 51.3 Å². The second-order valence-electron chi connectivity index (χ2n) is 12.9. The molecular formula is C37H38Cl2FN5O5. The zero-order chi connectivity index (χ0) is 34.9. The fourth-order valence-corrected chi connectivity index (χ4v) is 7.34. The molecule has 13 heteroatoms. The standard InChI is InChI=1S/C37H38Cl2FN5O5/c1-44-30-13-15-45(16-14-40)20-29(30)42-35(44)36(46)43-28-8-4-7-26(34(28)39)23-5-3-6-25-24(23)11-12-31(25)49-33-18-32(48-2)22(17-27(33)38)19-41-50-37(47)21-9-10-21/h3-8,17-18,21,31,41H,9-16,19-20H2,1-2H3,(H,43,46). The van der Waals surface area contributed by atoms with Gasteiger partial charge in [0.2, 0.25) is 0 Å². The fourth-order valence-electron chi connectivity index (χ4n) is 6.84. The van der Waals surface area contributed by atoms with Gasteiger partial charge in [0.15, 0.2) is 5.82 Å². The number of nitrogens with one attached hydrogen (secondary N) is 2. The van der Waals surface area contributed by atoms with E-state index in [1.54, 1.807) is 25.3 Å². The van der Waals surface area contributed by atoms with Crippen molar-refractivity contribution >= 4 is 40.8 Å². The molecule has 2 aliphatic carbocycles. The maximum Gasteiger partial charge on any atom is 0.327 e. The second kappa shape index (κ2) is 14.6. The Labute approximate surface area is 299 Å². The summed E-state index contributed by atoms with van der Waals surface area (Å²) in [7, 11) is 3.40. The predicted molar refractivity (Wildman–Crippen MR) is 188 cm³/mol. The topological polar surface area (TPSA) is 107 Å². The highest BCUT2D eigenvalue weighted by atomic mass is 35.5. The van der Waals surface area contributed by atoms with E-state index >= 15 is 0 Å². The molecule has 1 amide bonds. The zero-order valence-electron chi connectivity index (χ0n) is 27.9. The lowest BCUT2D eigenvalue weighted by Crippen LogP contribution is -2.32. The average molecular weight is 723 g/mol. The first-order valence-corrected chi connectivity index (χ1v) is 17.5. The Morgan fingerprint density at radius 3 is 2.62 bits per heavy atom. The van der Waals surface area contributed by atoms with Crippen LogP contribution in [0.25, 0.3) is 11.1 Å². The lowest BCUT2D eigenvalue weighted by Gasteiger charge is -2.25. The summed E-state index contributed by atoms with van der Waals surface area (Å²) in [5.74, 6) is 0.707. The average Bonchev–Trinajstić information content (AvgIpc) is 3.81. The Hall–Kier alpha value is -4.16. The van der Waals surface area contributed by atoms with E-state index in [0.29, 0.717) is 46.7 Å². The predicted octanol–water partition coefficient (Wildman–Crippen LogP) is 7.01. The van der Waals surface area contributed by atoms with Crippen molar-refractivity contribution in [2.24, 2.45) is 13.0 Å². The van der Waals surface area contributed by atoms with Gasteiger partial charge in [0.05, 0.1) is 41.0 Å². The van der Waals surface area contributed by atoms with E-state index in [-0.39, 0.29) is 36.3 Å². The van der Waals surface area contributed by atoms with Gasteiger partial charge in [-0.25, -0.2) is 9.37 Å². The fraction of sp³-hybridized carbons (Fsp3) is 0.378. The summed E-state index contributed by atoms with van der Waals surface area (Å²) in [6.07, 6.45) is 3.66. The van der Waals surface area contributed by atoms with E-state index in [1.165, 1.54) is 0 Å². The third-order valence-electron chi connectivity index (χ3n) is 9.64. The third kappa shape index (κ3) is 6.92. The normalized spacial score (nSPS) is 16.9. The minimum Gasteiger partial charge on any atom is -0.496 e. The molecule has 4 aromatic rings. The molecule has 0 bridgehead atoms. The molecular weight excluding hydrogens is 684 g/mol. The number of benzene rings is 3. The highest BCUT2D eigenvalue weighted by molar-refractivity contribution is 6.36. The summed E-state index contributed by atoms with van der Waals surface area (Å²) in [6.45, 7) is 1.42. The van der Waals surface area contributed by atoms with Crippen LogP contribution in [0, 0.1) is 5.92 Å². The first kappa shape index (κ1) is 34.3. The minimum absolute atomic E-state index is 0.00900. The van der Waals surface area contributed by atoms with Gasteiger partial charge in [0, 0.05) is 56.0 Å². The molecule has 1 fully saturated rings. The zero-order valence-corrected chi connectivity index (χ0v) is 29.4. The van der Waals surface area contributed by atoms with Gasteiger partial charge in [0.1, 0.15) is 24.3 Å². The van der Waals surface area contributed by atoms with Gasteiger partial charge in [-0.3, -0.25) is 14.5 Å². The molecule has 262 valence electrons. The molecule has 3 aromatic carbocycles. The minimum atomic E-state index is -0.416.